The highest BCUT2D eigenvalue weighted by Crippen LogP contribution is 2.39. The van der Waals surface area contributed by atoms with E-state index in [0.29, 0.717) is 5.92 Å². The molecule has 1 amide bonds. The van der Waals surface area contributed by atoms with E-state index in [1.165, 1.54) is 49.8 Å². The number of anilines is 1. The Morgan fingerprint density at radius 3 is 2.25 bits per heavy atom. The topological polar surface area (TPSA) is 69.6 Å². The van der Waals surface area contributed by atoms with Gasteiger partial charge in [0.15, 0.2) is 0 Å². The van der Waals surface area contributed by atoms with Crippen LogP contribution < -0.4 is 10.2 Å². The highest BCUT2D eigenvalue weighted by molar-refractivity contribution is 5.87. The molecule has 1 saturated heterocycles. The van der Waals surface area contributed by atoms with Gasteiger partial charge in [0, 0.05) is 18.8 Å². The van der Waals surface area contributed by atoms with E-state index in [-0.39, 0.29) is 23.9 Å². The van der Waals surface area contributed by atoms with Gasteiger partial charge < -0.3 is 15.3 Å². The third-order valence-electron chi connectivity index (χ3n) is 6.97. The van der Waals surface area contributed by atoms with Gasteiger partial charge in [0.2, 0.25) is 5.91 Å². The molecule has 2 fully saturated rings. The van der Waals surface area contributed by atoms with Crippen LogP contribution in [-0.2, 0) is 11.2 Å². The Bertz CT molecular complexity index is 913. The second kappa shape index (κ2) is 10.7. The van der Waals surface area contributed by atoms with Crippen LogP contribution in [0.15, 0.2) is 48.5 Å². The van der Waals surface area contributed by atoms with Crippen LogP contribution in [0.3, 0.4) is 0 Å². The first-order valence-electron chi connectivity index (χ1n) is 12.1. The summed E-state index contributed by atoms with van der Waals surface area (Å²) in [6.45, 7) is 2.16. The van der Waals surface area contributed by atoms with Crippen molar-refractivity contribution in [3.05, 3.63) is 65.2 Å². The van der Waals surface area contributed by atoms with Crippen molar-refractivity contribution in [1.82, 2.24) is 5.32 Å². The Morgan fingerprint density at radius 2 is 1.56 bits per heavy atom. The molecule has 5 heteroatoms. The van der Waals surface area contributed by atoms with Gasteiger partial charge in [-0.05, 0) is 67.3 Å². The SMILES string of the molecule is O=C(Cc1ccc(C(=O)O)cc1)NC(c1ccccc1N1CCCCC1)C1CCCCC1. The first-order chi connectivity index (χ1) is 15.6. The maximum absolute atomic E-state index is 13.1. The fourth-order valence-electron chi connectivity index (χ4n) is 5.27. The Morgan fingerprint density at radius 1 is 0.906 bits per heavy atom. The van der Waals surface area contributed by atoms with Gasteiger partial charge in [0.25, 0.3) is 0 Å². The van der Waals surface area contributed by atoms with Crippen molar-refractivity contribution in [3.63, 3.8) is 0 Å². The van der Waals surface area contributed by atoms with E-state index >= 15 is 0 Å². The number of carboxylic acid groups (broad SMARTS) is 1. The summed E-state index contributed by atoms with van der Waals surface area (Å²) >= 11 is 0. The molecular weight excluding hydrogens is 400 g/mol. The monoisotopic (exact) mass is 434 g/mol. The van der Waals surface area contributed by atoms with E-state index in [1.807, 2.05) is 0 Å². The molecule has 1 heterocycles. The minimum atomic E-state index is -0.951. The number of amides is 1. The van der Waals surface area contributed by atoms with E-state index in [0.717, 1.165) is 31.5 Å². The number of rotatable bonds is 7. The Labute approximate surface area is 190 Å². The van der Waals surface area contributed by atoms with Crippen LogP contribution >= 0.6 is 0 Å². The minimum Gasteiger partial charge on any atom is -0.478 e. The third kappa shape index (κ3) is 5.50. The molecular formula is C27H34N2O3. The molecule has 1 unspecified atom stereocenters. The summed E-state index contributed by atoms with van der Waals surface area (Å²) in [6, 6.07) is 15.2. The fraction of sp³-hybridized carbons (Fsp3) is 0.481. The summed E-state index contributed by atoms with van der Waals surface area (Å²) in [4.78, 5) is 26.7. The van der Waals surface area contributed by atoms with Crippen molar-refractivity contribution in [1.29, 1.82) is 0 Å². The van der Waals surface area contributed by atoms with E-state index in [4.69, 9.17) is 5.11 Å². The Kier molecular flexibility index (Phi) is 7.46. The van der Waals surface area contributed by atoms with Crippen LogP contribution in [0.5, 0.6) is 0 Å². The summed E-state index contributed by atoms with van der Waals surface area (Å²) in [5.41, 5.74) is 3.59. The van der Waals surface area contributed by atoms with Crippen molar-refractivity contribution in [2.45, 2.75) is 63.8 Å². The van der Waals surface area contributed by atoms with Crippen LogP contribution in [0.4, 0.5) is 5.69 Å². The van der Waals surface area contributed by atoms with Crippen molar-refractivity contribution in [3.8, 4) is 0 Å². The lowest BCUT2D eigenvalue weighted by Crippen LogP contribution is -2.37. The number of piperidine rings is 1. The first kappa shape index (κ1) is 22.4. The standard InChI is InChI=1S/C27H34N2O3/c30-25(19-20-13-15-22(16-14-20)27(31)32)28-26(21-9-3-1-4-10-21)23-11-5-6-12-24(23)29-17-7-2-8-18-29/h5-6,11-16,21,26H,1-4,7-10,17-19H2,(H,28,30)(H,31,32). The molecule has 0 aromatic heterocycles. The predicted molar refractivity (Wildman–Crippen MR) is 127 cm³/mol. The minimum absolute atomic E-state index is 0.00269. The number of benzene rings is 2. The summed E-state index contributed by atoms with van der Waals surface area (Å²) < 4.78 is 0. The van der Waals surface area contributed by atoms with Crippen LogP contribution in [0.1, 0.15) is 78.9 Å². The normalized spacial score (nSPS) is 18.2. The lowest BCUT2D eigenvalue weighted by molar-refractivity contribution is -0.121. The maximum atomic E-state index is 13.1. The predicted octanol–water partition coefficient (Wildman–Crippen LogP) is 5.36. The molecule has 1 saturated carbocycles. The lowest BCUT2D eigenvalue weighted by atomic mass is 9.80. The summed E-state index contributed by atoms with van der Waals surface area (Å²) in [7, 11) is 0. The van der Waals surface area contributed by atoms with Crippen LogP contribution in [0.2, 0.25) is 0 Å². The number of hydrogen-bond donors (Lipinski definition) is 2. The molecule has 2 aromatic carbocycles. The molecule has 32 heavy (non-hydrogen) atoms. The fourth-order valence-corrected chi connectivity index (χ4v) is 5.27. The zero-order chi connectivity index (χ0) is 22.3. The number of hydrogen-bond acceptors (Lipinski definition) is 3. The Hall–Kier alpha value is -2.82. The second-order valence-corrected chi connectivity index (χ2v) is 9.23. The van der Waals surface area contributed by atoms with Crippen molar-refractivity contribution in [2.75, 3.05) is 18.0 Å². The molecule has 0 bridgehead atoms. The zero-order valence-corrected chi connectivity index (χ0v) is 18.8. The summed E-state index contributed by atoms with van der Waals surface area (Å²) in [5, 5.41) is 12.5. The molecule has 5 nitrogen and oxygen atoms in total. The molecule has 2 aliphatic rings. The molecule has 1 aliphatic carbocycles. The maximum Gasteiger partial charge on any atom is 0.335 e. The summed E-state index contributed by atoms with van der Waals surface area (Å²) in [6.07, 6.45) is 10.0. The number of carbonyl (C=O) groups is 2. The molecule has 4 rings (SSSR count). The number of carbonyl (C=O) groups excluding carboxylic acids is 1. The van der Waals surface area contributed by atoms with Gasteiger partial charge >= 0.3 is 5.97 Å². The van der Waals surface area contributed by atoms with Gasteiger partial charge in [-0.25, -0.2) is 4.79 Å². The molecule has 2 N–H and O–H groups in total. The van der Waals surface area contributed by atoms with Gasteiger partial charge in [-0.2, -0.15) is 0 Å². The van der Waals surface area contributed by atoms with E-state index in [2.05, 4.69) is 34.5 Å². The van der Waals surface area contributed by atoms with E-state index < -0.39 is 5.97 Å². The molecule has 2 aromatic rings. The summed E-state index contributed by atoms with van der Waals surface area (Å²) in [5.74, 6) is -0.502. The number of carboxylic acids is 1. The molecule has 1 aliphatic heterocycles. The molecule has 0 spiro atoms. The van der Waals surface area contributed by atoms with Crippen LogP contribution in [-0.4, -0.2) is 30.1 Å². The lowest BCUT2D eigenvalue weighted by Gasteiger charge is -2.36. The highest BCUT2D eigenvalue weighted by Gasteiger charge is 2.29. The van der Waals surface area contributed by atoms with Crippen molar-refractivity contribution >= 4 is 17.6 Å². The molecule has 170 valence electrons. The third-order valence-corrected chi connectivity index (χ3v) is 6.97. The van der Waals surface area contributed by atoms with Gasteiger partial charge in [-0.1, -0.05) is 49.6 Å². The van der Waals surface area contributed by atoms with Gasteiger partial charge in [-0.15, -0.1) is 0 Å². The number of nitrogens with zero attached hydrogens (tertiary/aromatic N) is 1. The zero-order valence-electron chi connectivity index (χ0n) is 18.8. The number of aromatic carboxylic acids is 1. The Balaban J connectivity index is 1.55. The first-order valence-corrected chi connectivity index (χ1v) is 12.1. The second-order valence-electron chi connectivity index (χ2n) is 9.23. The van der Waals surface area contributed by atoms with Gasteiger partial charge in [-0.3, -0.25) is 4.79 Å². The molecule has 1 atom stereocenters. The van der Waals surface area contributed by atoms with Gasteiger partial charge in [0.1, 0.15) is 0 Å². The highest BCUT2D eigenvalue weighted by atomic mass is 16.4. The number of nitrogens with one attached hydrogen (secondary N) is 1. The number of para-hydroxylation sites is 1. The van der Waals surface area contributed by atoms with Crippen LogP contribution in [0.25, 0.3) is 0 Å². The largest absolute Gasteiger partial charge is 0.478 e. The smallest absolute Gasteiger partial charge is 0.335 e. The quantitative estimate of drug-likeness (QED) is 0.616. The van der Waals surface area contributed by atoms with Gasteiger partial charge in [0.05, 0.1) is 18.0 Å². The van der Waals surface area contributed by atoms with Crippen molar-refractivity contribution in [2.24, 2.45) is 5.92 Å². The average Bonchev–Trinajstić information content (AvgIpc) is 2.84. The average molecular weight is 435 g/mol. The molecule has 0 radical (unpaired) electrons. The van der Waals surface area contributed by atoms with Crippen LogP contribution in [0, 0.1) is 5.92 Å². The van der Waals surface area contributed by atoms with Crippen molar-refractivity contribution < 1.29 is 14.7 Å². The van der Waals surface area contributed by atoms with E-state index in [1.54, 1.807) is 24.3 Å². The van der Waals surface area contributed by atoms with E-state index in [9.17, 15) is 9.59 Å².